The molecule has 3 heterocycles. The van der Waals surface area contributed by atoms with Crippen LogP contribution in [0, 0.1) is 13.8 Å². The summed E-state index contributed by atoms with van der Waals surface area (Å²) in [6.07, 6.45) is 4.95. The highest BCUT2D eigenvalue weighted by Gasteiger charge is 2.16. The third kappa shape index (κ3) is 4.23. The van der Waals surface area contributed by atoms with Crippen LogP contribution in [0.2, 0.25) is 0 Å². The third-order valence-electron chi connectivity index (χ3n) is 3.66. The molecule has 0 unspecified atom stereocenters. The first-order chi connectivity index (χ1) is 12.6. The van der Waals surface area contributed by atoms with Crippen LogP contribution in [0.4, 0.5) is 5.69 Å². The molecule has 0 saturated heterocycles. The molecule has 26 heavy (non-hydrogen) atoms. The second-order valence-corrected chi connectivity index (χ2v) is 6.67. The first kappa shape index (κ1) is 18.0. The fraction of sp³-hybridized carbons (Fsp3) is 0.211. The van der Waals surface area contributed by atoms with Gasteiger partial charge in [0.05, 0.1) is 17.4 Å². The first-order valence-corrected chi connectivity index (χ1v) is 9.06. The molecule has 7 heteroatoms. The van der Waals surface area contributed by atoms with Crippen LogP contribution in [-0.4, -0.2) is 32.4 Å². The molecule has 0 spiro atoms. The van der Waals surface area contributed by atoms with Crippen molar-refractivity contribution >= 4 is 23.4 Å². The van der Waals surface area contributed by atoms with Crippen molar-refractivity contribution in [2.75, 3.05) is 11.4 Å². The molecule has 0 aromatic carbocycles. The lowest BCUT2D eigenvalue weighted by molar-refractivity contribution is 0.0988. The molecule has 0 aliphatic heterocycles. The van der Waals surface area contributed by atoms with Gasteiger partial charge in [0.2, 0.25) is 0 Å². The predicted octanol–water partition coefficient (Wildman–Crippen LogP) is 3.70. The Morgan fingerprint density at radius 1 is 1.12 bits per heavy atom. The second kappa shape index (κ2) is 8.05. The van der Waals surface area contributed by atoms with Gasteiger partial charge in [-0.1, -0.05) is 0 Å². The molecule has 0 aliphatic carbocycles. The molecule has 3 aromatic heterocycles. The van der Waals surface area contributed by atoms with Crippen LogP contribution in [-0.2, 0) is 0 Å². The number of hydrogen-bond donors (Lipinski definition) is 0. The number of carbonyl (C=O) groups is 1. The van der Waals surface area contributed by atoms with Crippen LogP contribution in [0.3, 0.4) is 0 Å². The van der Waals surface area contributed by atoms with E-state index in [0.717, 1.165) is 22.1 Å². The lowest BCUT2D eigenvalue weighted by atomic mass is 10.2. The number of pyridine rings is 2. The third-order valence-corrected chi connectivity index (χ3v) is 4.48. The Kier molecular flexibility index (Phi) is 5.58. The molecule has 0 saturated carbocycles. The van der Waals surface area contributed by atoms with Crippen molar-refractivity contribution in [1.29, 1.82) is 0 Å². The number of aryl methyl sites for hydroxylation is 2. The van der Waals surface area contributed by atoms with Gasteiger partial charge in [0.1, 0.15) is 5.03 Å². The van der Waals surface area contributed by atoms with Crippen LogP contribution in [0.25, 0.3) is 0 Å². The lowest BCUT2D eigenvalue weighted by Crippen LogP contribution is -2.30. The Balaban J connectivity index is 1.77. The normalized spacial score (nSPS) is 10.6. The van der Waals surface area contributed by atoms with Crippen molar-refractivity contribution in [3.05, 3.63) is 65.9 Å². The van der Waals surface area contributed by atoms with E-state index in [1.54, 1.807) is 29.6 Å². The van der Waals surface area contributed by atoms with E-state index in [1.807, 2.05) is 45.0 Å². The van der Waals surface area contributed by atoms with Crippen molar-refractivity contribution in [2.45, 2.75) is 31.0 Å². The van der Waals surface area contributed by atoms with Gasteiger partial charge in [-0.25, -0.2) is 15.0 Å². The van der Waals surface area contributed by atoms with E-state index in [1.165, 1.54) is 11.8 Å². The highest BCUT2D eigenvalue weighted by molar-refractivity contribution is 7.99. The quantitative estimate of drug-likeness (QED) is 0.642. The van der Waals surface area contributed by atoms with Crippen molar-refractivity contribution in [3.8, 4) is 0 Å². The van der Waals surface area contributed by atoms with Gasteiger partial charge in [0.25, 0.3) is 5.91 Å². The van der Waals surface area contributed by atoms with Gasteiger partial charge in [-0.05, 0) is 62.9 Å². The zero-order chi connectivity index (χ0) is 18.5. The Labute approximate surface area is 156 Å². The summed E-state index contributed by atoms with van der Waals surface area (Å²) in [5, 5.41) is 1.40. The molecule has 0 radical (unpaired) electrons. The summed E-state index contributed by atoms with van der Waals surface area (Å²) >= 11 is 1.38. The smallest absolute Gasteiger partial charge is 0.259 e. The Morgan fingerprint density at radius 2 is 1.88 bits per heavy atom. The molecule has 0 bridgehead atoms. The molecule has 0 aliphatic rings. The number of aromatic nitrogens is 4. The number of rotatable bonds is 5. The number of amides is 1. The van der Waals surface area contributed by atoms with E-state index < -0.39 is 0 Å². The minimum Gasteiger partial charge on any atom is -0.307 e. The monoisotopic (exact) mass is 365 g/mol. The average Bonchev–Trinajstić information content (AvgIpc) is 2.63. The zero-order valence-corrected chi connectivity index (χ0v) is 15.7. The second-order valence-electron chi connectivity index (χ2n) is 5.68. The number of anilines is 1. The highest BCUT2D eigenvalue weighted by atomic mass is 32.2. The maximum absolute atomic E-state index is 12.8. The van der Waals surface area contributed by atoms with E-state index in [0.29, 0.717) is 17.3 Å². The van der Waals surface area contributed by atoms with E-state index in [9.17, 15) is 4.79 Å². The molecular weight excluding hydrogens is 346 g/mol. The fourth-order valence-corrected chi connectivity index (χ4v) is 3.32. The van der Waals surface area contributed by atoms with Crippen LogP contribution in [0.5, 0.6) is 0 Å². The molecule has 132 valence electrons. The molecule has 3 aromatic rings. The maximum atomic E-state index is 12.8. The lowest BCUT2D eigenvalue weighted by Gasteiger charge is -2.20. The Bertz CT molecular complexity index is 879. The van der Waals surface area contributed by atoms with E-state index in [2.05, 4.69) is 19.9 Å². The van der Waals surface area contributed by atoms with Crippen molar-refractivity contribution in [3.63, 3.8) is 0 Å². The predicted molar refractivity (Wildman–Crippen MR) is 101 cm³/mol. The maximum Gasteiger partial charge on any atom is 0.259 e. The van der Waals surface area contributed by atoms with Gasteiger partial charge in [0, 0.05) is 30.3 Å². The van der Waals surface area contributed by atoms with Gasteiger partial charge in [-0.15, -0.1) is 0 Å². The molecule has 0 atom stereocenters. The molecular formula is C19H19N5OS. The van der Waals surface area contributed by atoms with Gasteiger partial charge >= 0.3 is 0 Å². The molecule has 0 fully saturated rings. The van der Waals surface area contributed by atoms with Crippen LogP contribution in [0.1, 0.15) is 28.7 Å². The van der Waals surface area contributed by atoms with Crippen LogP contribution >= 0.6 is 11.8 Å². The van der Waals surface area contributed by atoms with Gasteiger partial charge in [-0.3, -0.25) is 9.78 Å². The molecule has 0 N–H and O–H groups in total. The Morgan fingerprint density at radius 3 is 2.46 bits per heavy atom. The minimum atomic E-state index is -0.104. The number of carbonyl (C=O) groups excluding carboxylic acids is 1. The number of nitrogens with zero attached hydrogens (tertiary/aromatic N) is 5. The summed E-state index contributed by atoms with van der Waals surface area (Å²) in [5.74, 6) is -0.104. The Hall–Kier alpha value is -2.80. The largest absolute Gasteiger partial charge is 0.307 e. The SMILES string of the molecule is CCN(C(=O)c1ccc(Sc2nc(C)cc(C)n2)nc1)c1cccnc1. The van der Waals surface area contributed by atoms with E-state index in [-0.39, 0.29) is 5.91 Å². The average molecular weight is 365 g/mol. The van der Waals surface area contributed by atoms with E-state index in [4.69, 9.17) is 0 Å². The van der Waals surface area contributed by atoms with Crippen LogP contribution < -0.4 is 4.90 Å². The minimum absolute atomic E-state index is 0.104. The first-order valence-electron chi connectivity index (χ1n) is 8.25. The summed E-state index contributed by atoms with van der Waals surface area (Å²) in [4.78, 5) is 31.7. The topological polar surface area (TPSA) is 71.9 Å². The molecule has 3 rings (SSSR count). The van der Waals surface area contributed by atoms with Crippen LogP contribution in [0.15, 0.2) is 59.1 Å². The van der Waals surface area contributed by atoms with Crippen molar-refractivity contribution < 1.29 is 4.79 Å². The van der Waals surface area contributed by atoms with Crippen molar-refractivity contribution in [2.24, 2.45) is 0 Å². The standard InChI is InChI=1S/C19H19N5OS/c1-4-24(16-6-5-9-20-12-16)18(25)15-7-8-17(21-11-15)26-19-22-13(2)10-14(3)23-19/h5-12H,4H2,1-3H3. The summed E-state index contributed by atoms with van der Waals surface area (Å²) in [6, 6.07) is 9.20. The zero-order valence-electron chi connectivity index (χ0n) is 14.9. The highest BCUT2D eigenvalue weighted by Crippen LogP contribution is 2.24. The fourth-order valence-electron chi connectivity index (χ4n) is 2.51. The van der Waals surface area contributed by atoms with E-state index >= 15 is 0 Å². The van der Waals surface area contributed by atoms with Gasteiger partial charge in [-0.2, -0.15) is 0 Å². The van der Waals surface area contributed by atoms with Gasteiger partial charge < -0.3 is 4.90 Å². The number of hydrogen-bond acceptors (Lipinski definition) is 6. The molecule has 1 amide bonds. The summed E-state index contributed by atoms with van der Waals surface area (Å²) < 4.78 is 0. The van der Waals surface area contributed by atoms with Gasteiger partial charge in [0.15, 0.2) is 5.16 Å². The summed E-state index contributed by atoms with van der Waals surface area (Å²) in [6.45, 7) is 6.36. The van der Waals surface area contributed by atoms with Crippen molar-refractivity contribution in [1.82, 2.24) is 19.9 Å². The molecule has 6 nitrogen and oxygen atoms in total. The summed E-state index contributed by atoms with van der Waals surface area (Å²) in [5.41, 5.74) is 3.13. The summed E-state index contributed by atoms with van der Waals surface area (Å²) in [7, 11) is 0.